The molecule has 0 spiro atoms. The lowest BCUT2D eigenvalue weighted by molar-refractivity contribution is -0.199. The van der Waals surface area contributed by atoms with Crippen LogP contribution < -0.4 is 0 Å². The second-order valence-electron chi connectivity index (χ2n) is 10.3. The minimum atomic E-state index is -0.514. The standard InChI is InChI=1S/C22H31BO4/c1-20(2,3)25-19(24)16-10-8-7-9-14(16)13-23-26-18-12-15-11-17(21(15,4)5)22(18,6)27-23/h7-10,15,17-18H,11-13H2,1-6H3. The second-order valence-corrected chi connectivity index (χ2v) is 10.3. The molecule has 4 aliphatic rings. The zero-order chi connectivity index (χ0) is 19.6. The van der Waals surface area contributed by atoms with Gasteiger partial charge in [0.1, 0.15) is 5.60 Å². The molecule has 1 heterocycles. The Kier molecular flexibility index (Phi) is 4.28. The van der Waals surface area contributed by atoms with Crippen molar-refractivity contribution in [3.05, 3.63) is 35.4 Å². The van der Waals surface area contributed by atoms with Crippen molar-refractivity contribution >= 4 is 13.1 Å². The molecule has 0 N–H and O–H groups in total. The molecule has 1 saturated heterocycles. The number of hydrogen-bond donors (Lipinski definition) is 0. The molecule has 4 unspecified atom stereocenters. The van der Waals surface area contributed by atoms with E-state index in [0.29, 0.717) is 23.2 Å². The van der Waals surface area contributed by atoms with Gasteiger partial charge in [-0.25, -0.2) is 4.79 Å². The van der Waals surface area contributed by atoms with Gasteiger partial charge >= 0.3 is 13.1 Å². The largest absolute Gasteiger partial charge is 0.462 e. The van der Waals surface area contributed by atoms with Gasteiger partial charge in [0, 0.05) is 6.32 Å². The number of rotatable bonds is 3. The third kappa shape index (κ3) is 3.13. The molecule has 5 heteroatoms. The minimum Gasteiger partial charge on any atom is -0.456 e. The molecular formula is C22H31BO4. The van der Waals surface area contributed by atoms with Crippen LogP contribution in [0, 0.1) is 17.3 Å². The average molecular weight is 370 g/mol. The van der Waals surface area contributed by atoms with E-state index in [4.69, 9.17) is 14.0 Å². The number of benzene rings is 1. The Balaban J connectivity index is 1.51. The molecule has 2 bridgehead atoms. The number of carbonyl (C=O) groups excluding carboxylic acids is 1. The van der Waals surface area contributed by atoms with E-state index in [9.17, 15) is 4.79 Å². The van der Waals surface area contributed by atoms with Crippen LogP contribution in [0.25, 0.3) is 0 Å². The van der Waals surface area contributed by atoms with E-state index in [2.05, 4.69) is 20.8 Å². The second kappa shape index (κ2) is 6.08. The van der Waals surface area contributed by atoms with Crippen LogP contribution in [0.2, 0.25) is 0 Å². The van der Waals surface area contributed by atoms with Crippen molar-refractivity contribution in [2.45, 2.75) is 78.0 Å². The molecule has 0 amide bonds. The molecule has 4 atom stereocenters. The highest BCUT2D eigenvalue weighted by Crippen LogP contribution is 2.65. The number of esters is 1. The van der Waals surface area contributed by atoms with Crippen molar-refractivity contribution in [1.82, 2.24) is 0 Å². The van der Waals surface area contributed by atoms with Crippen molar-refractivity contribution in [2.75, 3.05) is 0 Å². The summed E-state index contributed by atoms with van der Waals surface area (Å²) >= 11 is 0. The Hall–Kier alpha value is -1.33. The highest BCUT2D eigenvalue weighted by atomic mass is 16.7. The highest BCUT2D eigenvalue weighted by Gasteiger charge is 2.67. The van der Waals surface area contributed by atoms with Crippen molar-refractivity contribution in [2.24, 2.45) is 17.3 Å². The molecule has 3 saturated carbocycles. The SMILES string of the molecule is CC(C)(C)OC(=O)c1ccccc1CB1OC2CC3CC(C3(C)C)C2(C)O1. The molecule has 0 aromatic heterocycles. The van der Waals surface area contributed by atoms with Gasteiger partial charge in [-0.2, -0.15) is 0 Å². The van der Waals surface area contributed by atoms with E-state index in [1.54, 1.807) is 0 Å². The summed E-state index contributed by atoms with van der Waals surface area (Å²) in [7, 11) is -0.307. The first-order valence-corrected chi connectivity index (χ1v) is 10.2. The van der Waals surface area contributed by atoms with Gasteiger partial charge in [-0.1, -0.05) is 32.0 Å². The van der Waals surface area contributed by atoms with Crippen LogP contribution in [0.4, 0.5) is 0 Å². The van der Waals surface area contributed by atoms with Gasteiger partial charge in [-0.05, 0) is 69.4 Å². The third-order valence-electron chi connectivity index (χ3n) is 7.02. The quantitative estimate of drug-likeness (QED) is 0.582. The average Bonchev–Trinajstić information content (AvgIpc) is 2.88. The van der Waals surface area contributed by atoms with Crippen LogP contribution in [-0.2, 0) is 20.4 Å². The number of ether oxygens (including phenoxy) is 1. The normalized spacial score (nSPS) is 34.0. The van der Waals surface area contributed by atoms with Gasteiger partial charge in [0.05, 0.1) is 17.3 Å². The summed E-state index contributed by atoms with van der Waals surface area (Å²) in [6.07, 6.45) is 3.04. The van der Waals surface area contributed by atoms with E-state index in [-0.39, 0.29) is 24.8 Å². The van der Waals surface area contributed by atoms with E-state index in [1.165, 1.54) is 6.42 Å². The molecule has 1 aromatic carbocycles. The molecule has 4 nitrogen and oxygen atoms in total. The topological polar surface area (TPSA) is 44.8 Å². The van der Waals surface area contributed by atoms with E-state index < -0.39 is 5.60 Å². The monoisotopic (exact) mass is 370 g/mol. The van der Waals surface area contributed by atoms with Crippen LogP contribution in [-0.4, -0.2) is 30.4 Å². The van der Waals surface area contributed by atoms with Crippen molar-refractivity contribution in [1.29, 1.82) is 0 Å². The fourth-order valence-electron chi connectivity index (χ4n) is 5.45. The maximum atomic E-state index is 12.6. The van der Waals surface area contributed by atoms with Gasteiger partial charge in [-0.3, -0.25) is 0 Å². The lowest BCUT2D eigenvalue weighted by Gasteiger charge is -2.64. The first kappa shape index (κ1) is 19.0. The summed E-state index contributed by atoms with van der Waals surface area (Å²) in [4.78, 5) is 12.6. The predicted octanol–water partition coefficient (Wildman–Crippen LogP) is 4.45. The van der Waals surface area contributed by atoms with Gasteiger partial charge < -0.3 is 14.0 Å². The smallest absolute Gasteiger partial charge is 0.456 e. The fourth-order valence-corrected chi connectivity index (χ4v) is 5.45. The zero-order valence-corrected chi connectivity index (χ0v) is 17.4. The minimum absolute atomic E-state index is 0.160. The van der Waals surface area contributed by atoms with Crippen molar-refractivity contribution < 1.29 is 18.8 Å². The number of hydrogen-bond acceptors (Lipinski definition) is 4. The summed E-state index contributed by atoms with van der Waals surface area (Å²) in [5.74, 6) is 0.986. The summed E-state index contributed by atoms with van der Waals surface area (Å²) in [6.45, 7) is 12.6. The first-order valence-electron chi connectivity index (χ1n) is 10.2. The molecule has 0 radical (unpaired) electrons. The number of carbonyl (C=O) groups is 1. The highest BCUT2D eigenvalue weighted by molar-refractivity contribution is 6.45. The first-order chi connectivity index (χ1) is 12.5. The van der Waals surface area contributed by atoms with Gasteiger partial charge in [0.25, 0.3) is 0 Å². The van der Waals surface area contributed by atoms with Gasteiger partial charge in [-0.15, -0.1) is 0 Å². The molecule has 5 rings (SSSR count). The fraction of sp³-hybridized carbons (Fsp3) is 0.682. The van der Waals surface area contributed by atoms with Crippen LogP contribution in [0.15, 0.2) is 24.3 Å². The predicted molar refractivity (Wildman–Crippen MR) is 105 cm³/mol. The van der Waals surface area contributed by atoms with Crippen LogP contribution in [0.5, 0.6) is 0 Å². The van der Waals surface area contributed by atoms with E-state index in [1.807, 2.05) is 45.0 Å². The van der Waals surface area contributed by atoms with Gasteiger partial charge in [0.2, 0.25) is 0 Å². The summed E-state index contributed by atoms with van der Waals surface area (Å²) < 4.78 is 18.4. The van der Waals surface area contributed by atoms with Crippen molar-refractivity contribution in [3.8, 4) is 0 Å². The Morgan fingerprint density at radius 2 is 1.93 bits per heavy atom. The molecule has 4 fully saturated rings. The Morgan fingerprint density at radius 3 is 2.59 bits per heavy atom. The molecule has 1 aromatic rings. The third-order valence-corrected chi connectivity index (χ3v) is 7.02. The summed E-state index contributed by atoms with van der Waals surface area (Å²) in [6, 6.07) is 7.62. The Labute approximate surface area is 163 Å². The summed E-state index contributed by atoms with van der Waals surface area (Å²) in [5, 5.41) is 0. The van der Waals surface area contributed by atoms with Crippen LogP contribution >= 0.6 is 0 Å². The molecule has 27 heavy (non-hydrogen) atoms. The Morgan fingerprint density at radius 1 is 1.22 bits per heavy atom. The lowest BCUT2D eigenvalue weighted by Crippen LogP contribution is -2.65. The maximum Gasteiger partial charge on any atom is 0.462 e. The lowest BCUT2D eigenvalue weighted by atomic mass is 9.43. The van der Waals surface area contributed by atoms with Gasteiger partial charge in [0.15, 0.2) is 0 Å². The molecule has 3 aliphatic carbocycles. The van der Waals surface area contributed by atoms with Crippen LogP contribution in [0.1, 0.15) is 70.3 Å². The van der Waals surface area contributed by atoms with E-state index >= 15 is 0 Å². The van der Waals surface area contributed by atoms with Crippen LogP contribution in [0.3, 0.4) is 0 Å². The molecular weight excluding hydrogens is 339 g/mol. The zero-order valence-electron chi connectivity index (χ0n) is 17.4. The molecule has 1 aliphatic heterocycles. The van der Waals surface area contributed by atoms with Crippen molar-refractivity contribution in [3.63, 3.8) is 0 Å². The van der Waals surface area contributed by atoms with E-state index in [0.717, 1.165) is 17.9 Å². The Bertz CT molecular complexity index is 753. The maximum absolute atomic E-state index is 12.6. The summed E-state index contributed by atoms with van der Waals surface area (Å²) in [5.41, 5.74) is 1.12. The molecule has 146 valence electrons.